The number of fused-ring (bicyclic) bond motifs is 1. The van der Waals surface area contributed by atoms with Gasteiger partial charge in [-0.2, -0.15) is 0 Å². The van der Waals surface area contributed by atoms with Gasteiger partial charge in [0.05, 0.1) is 5.69 Å². The van der Waals surface area contributed by atoms with Gasteiger partial charge in [0.15, 0.2) is 0 Å². The zero-order chi connectivity index (χ0) is 14.3. The van der Waals surface area contributed by atoms with E-state index in [1.165, 1.54) is 0 Å². The molecule has 2 aliphatic rings. The molecule has 1 amide bonds. The molecular weight excluding hydrogens is 260 g/mol. The molecule has 1 aromatic rings. The molecule has 0 aromatic carbocycles. The van der Waals surface area contributed by atoms with Crippen LogP contribution in [0.2, 0.25) is 0 Å². The minimum atomic E-state index is -0.989. The number of aromatic carboxylic acids is 1. The van der Waals surface area contributed by atoms with Crippen molar-refractivity contribution < 1.29 is 14.7 Å². The normalized spacial score (nSPS) is 22.6. The topological polar surface area (TPSA) is 87.5 Å². The monoisotopic (exact) mass is 278 g/mol. The number of carbonyl (C=O) groups excluding carboxylic acids is 1. The third kappa shape index (κ3) is 2.29. The Labute approximate surface area is 116 Å². The second-order valence-corrected chi connectivity index (χ2v) is 5.48. The Balaban J connectivity index is 1.70. The summed E-state index contributed by atoms with van der Waals surface area (Å²) in [5, 5.41) is 12.1. The van der Waals surface area contributed by atoms with Crippen molar-refractivity contribution in [3.05, 3.63) is 17.2 Å². The van der Waals surface area contributed by atoms with Crippen molar-refractivity contribution in [1.29, 1.82) is 0 Å². The summed E-state index contributed by atoms with van der Waals surface area (Å²) in [6.45, 7) is 2.34. The van der Waals surface area contributed by atoms with Crippen LogP contribution in [0.4, 0.5) is 0 Å². The van der Waals surface area contributed by atoms with Gasteiger partial charge < -0.3 is 15.0 Å². The van der Waals surface area contributed by atoms with E-state index in [1.807, 2.05) is 0 Å². The smallest absolute Gasteiger partial charge is 0.372 e. The Kier molecular flexibility index (Phi) is 3.21. The van der Waals surface area contributed by atoms with Gasteiger partial charge in [-0.15, -0.1) is 0 Å². The lowest BCUT2D eigenvalue weighted by atomic mass is 10.1. The number of carboxylic acids is 1. The van der Waals surface area contributed by atoms with Gasteiger partial charge in [-0.05, 0) is 6.42 Å². The molecule has 0 aliphatic carbocycles. The predicted octanol–water partition coefficient (Wildman–Crippen LogP) is -0.245. The van der Waals surface area contributed by atoms with Gasteiger partial charge in [0.25, 0.3) is 0 Å². The average Bonchev–Trinajstić information content (AvgIpc) is 2.94. The number of amides is 1. The Bertz CT molecular complexity index is 566. The first-order valence-electron chi connectivity index (χ1n) is 6.84. The van der Waals surface area contributed by atoms with Gasteiger partial charge in [0.1, 0.15) is 0 Å². The van der Waals surface area contributed by atoms with E-state index in [0.29, 0.717) is 13.0 Å². The largest absolute Gasteiger partial charge is 0.475 e. The van der Waals surface area contributed by atoms with Gasteiger partial charge in [0, 0.05) is 51.3 Å². The highest BCUT2D eigenvalue weighted by molar-refractivity contribution is 5.83. The summed E-state index contributed by atoms with van der Waals surface area (Å²) in [7, 11) is 1.75. The molecule has 7 heteroatoms. The number of rotatable bonds is 3. The summed E-state index contributed by atoms with van der Waals surface area (Å²) in [6.07, 6.45) is 2.29. The van der Waals surface area contributed by atoms with E-state index in [0.717, 1.165) is 37.3 Å². The number of nitrogens with zero attached hydrogens (tertiary/aromatic N) is 3. The number of hydrogen-bond donors (Lipinski definition) is 2. The van der Waals surface area contributed by atoms with Gasteiger partial charge in [-0.25, -0.2) is 9.78 Å². The van der Waals surface area contributed by atoms with Crippen molar-refractivity contribution in [2.45, 2.75) is 31.8 Å². The van der Waals surface area contributed by atoms with Crippen LogP contribution >= 0.6 is 0 Å². The Morgan fingerprint density at radius 3 is 2.95 bits per heavy atom. The van der Waals surface area contributed by atoms with Crippen LogP contribution in [0.15, 0.2) is 0 Å². The Hall–Kier alpha value is -1.89. The van der Waals surface area contributed by atoms with E-state index < -0.39 is 5.97 Å². The molecule has 2 aliphatic heterocycles. The molecule has 0 bridgehead atoms. The van der Waals surface area contributed by atoms with Crippen molar-refractivity contribution >= 4 is 11.9 Å². The van der Waals surface area contributed by atoms with Gasteiger partial charge >= 0.3 is 5.97 Å². The molecule has 3 rings (SSSR count). The van der Waals surface area contributed by atoms with E-state index in [9.17, 15) is 9.59 Å². The average molecular weight is 278 g/mol. The van der Waals surface area contributed by atoms with Crippen LogP contribution in [0.25, 0.3) is 0 Å². The maximum Gasteiger partial charge on any atom is 0.372 e. The first-order chi connectivity index (χ1) is 9.54. The lowest BCUT2D eigenvalue weighted by Gasteiger charge is -2.28. The van der Waals surface area contributed by atoms with Crippen molar-refractivity contribution in [2.75, 3.05) is 13.1 Å². The van der Waals surface area contributed by atoms with Crippen molar-refractivity contribution in [3.63, 3.8) is 0 Å². The highest BCUT2D eigenvalue weighted by atomic mass is 16.4. The number of nitrogens with one attached hydrogen (secondary N) is 1. The first-order valence-corrected chi connectivity index (χ1v) is 6.84. The van der Waals surface area contributed by atoms with E-state index in [1.54, 1.807) is 11.6 Å². The van der Waals surface area contributed by atoms with Crippen LogP contribution in [0.5, 0.6) is 0 Å². The molecule has 7 nitrogen and oxygen atoms in total. The molecule has 0 saturated carbocycles. The fourth-order valence-electron chi connectivity index (χ4n) is 3.06. The van der Waals surface area contributed by atoms with Crippen molar-refractivity contribution in [3.8, 4) is 0 Å². The van der Waals surface area contributed by atoms with E-state index in [4.69, 9.17) is 5.11 Å². The van der Waals surface area contributed by atoms with Gasteiger partial charge in [-0.1, -0.05) is 0 Å². The molecule has 20 heavy (non-hydrogen) atoms. The number of carboxylic acid groups (broad SMARTS) is 1. The van der Waals surface area contributed by atoms with Crippen LogP contribution < -0.4 is 5.32 Å². The number of imidazole rings is 1. The quantitative estimate of drug-likeness (QED) is 0.796. The SMILES string of the molecule is Cn1c(C(=O)O)nc2c1CCN(CC1CCC(=O)N1)C2. The summed E-state index contributed by atoms with van der Waals surface area (Å²) in [5.74, 6) is -0.763. The second kappa shape index (κ2) is 4.90. The zero-order valence-corrected chi connectivity index (χ0v) is 11.4. The lowest BCUT2D eigenvalue weighted by molar-refractivity contribution is -0.119. The fourth-order valence-corrected chi connectivity index (χ4v) is 3.06. The van der Waals surface area contributed by atoms with Crippen molar-refractivity contribution in [2.24, 2.45) is 7.05 Å². The molecule has 0 spiro atoms. The fraction of sp³-hybridized carbons (Fsp3) is 0.615. The molecule has 1 unspecified atom stereocenters. The van der Waals surface area contributed by atoms with Crippen LogP contribution in [0, 0.1) is 0 Å². The Morgan fingerprint density at radius 1 is 1.50 bits per heavy atom. The highest BCUT2D eigenvalue weighted by Gasteiger charge is 2.28. The molecule has 1 saturated heterocycles. The predicted molar refractivity (Wildman–Crippen MR) is 70.3 cm³/mol. The Morgan fingerprint density at radius 2 is 2.30 bits per heavy atom. The number of aromatic nitrogens is 2. The standard InChI is InChI=1S/C13H18N4O3/c1-16-10-4-5-17(6-8-2-3-11(18)14-8)7-9(10)15-12(16)13(19)20/h8H,2-7H2,1H3,(H,14,18)(H,19,20). The summed E-state index contributed by atoms with van der Waals surface area (Å²) in [5.41, 5.74) is 1.86. The molecular formula is C13H18N4O3. The summed E-state index contributed by atoms with van der Waals surface area (Å²) in [4.78, 5) is 28.8. The minimum absolute atomic E-state index is 0.103. The first kappa shape index (κ1) is 13.1. The van der Waals surface area contributed by atoms with Gasteiger partial charge in [0.2, 0.25) is 11.7 Å². The third-order valence-corrected chi connectivity index (χ3v) is 4.09. The second-order valence-electron chi connectivity index (χ2n) is 5.48. The van der Waals surface area contributed by atoms with Crippen LogP contribution in [-0.4, -0.2) is 50.6 Å². The molecule has 108 valence electrons. The number of hydrogen-bond acceptors (Lipinski definition) is 4. The van der Waals surface area contributed by atoms with E-state index in [2.05, 4.69) is 15.2 Å². The molecule has 2 N–H and O–H groups in total. The van der Waals surface area contributed by atoms with E-state index in [-0.39, 0.29) is 17.8 Å². The molecule has 0 radical (unpaired) electrons. The molecule has 3 heterocycles. The maximum atomic E-state index is 11.2. The summed E-state index contributed by atoms with van der Waals surface area (Å²) in [6, 6.07) is 0.215. The summed E-state index contributed by atoms with van der Waals surface area (Å²) >= 11 is 0. The molecule has 1 aromatic heterocycles. The van der Waals surface area contributed by atoms with Gasteiger partial charge in [-0.3, -0.25) is 9.69 Å². The highest BCUT2D eigenvalue weighted by Crippen LogP contribution is 2.20. The van der Waals surface area contributed by atoms with Crippen LogP contribution in [0.1, 0.15) is 34.8 Å². The minimum Gasteiger partial charge on any atom is -0.475 e. The molecule has 1 fully saturated rings. The summed E-state index contributed by atoms with van der Waals surface area (Å²) < 4.78 is 1.67. The zero-order valence-electron chi connectivity index (χ0n) is 11.4. The van der Waals surface area contributed by atoms with Crippen LogP contribution in [-0.2, 0) is 24.8 Å². The van der Waals surface area contributed by atoms with E-state index >= 15 is 0 Å². The third-order valence-electron chi connectivity index (χ3n) is 4.09. The maximum absolute atomic E-state index is 11.2. The molecule has 1 atom stereocenters. The number of carbonyl (C=O) groups is 2. The van der Waals surface area contributed by atoms with Crippen molar-refractivity contribution in [1.82, 2.24) is 19.8 Å². The van der Waals surface area contributed by atoms with Crippen LogP contribution in [0.3, 0.4) is 0 Å². The lowest BCUT2D eigenvalue weighted by Crippen LogP contribution is -2.41.